The molecule has 15 heavy (non-hydrogen) atoms. The minimum Gasteiger partial charge on any atom is -0.387 e. The summed E-state index contributed by atoms with van der Waals surface area (Å²) in [4.78, 5) is 11.1. The lowest BCUT2D eigenvalue weighted by Crippen LogP contribution is -2.17. The van der Waals surface area contributed by atoms with Gasteiger partial charge in [-0.05, 0) is 49.9 Å². The summed E-state index contributed by atoms with van der Waals surface area (Å²) >= 11 is 0. The van der Waals surface area contributed by atoms with Gasteiger partial charge in [0.05, 0.1) is 0 Å². The fourth-order valence-electron chi connectivity index (χ4n) is 1.58. The minimum atomic E-state index is -0.480. The van der Waals surface area contributed by atoms with Gasteiger partial charge in [-0.15, -0.1) is 0 Å². The van der Waals surface area contributed by atoms with E-state index in [1.807, 2.05) is 27.7 Å². The third kappa shape index (κ3) is 2.36. The topological polar surface area (TPSA) is 49.3 Å². The standard InChI is InChI=1S/C12H17NO2/c1-7-5-8(2)10(4)12(9(7)3)13-11(15)6-14/h5,14H,6H2,1-4H3,(H,13,15). The number of amides is 1. The number of hydrogen-bond donors (Lipinski definition) is 2. The van der Waals surface area contributed by atoms with Crippen molar-refractivity contribution in [3.05, 3.63) is 28.3 Å². The first-order valence-electron chi connectivity index (χ1n) is 4.95. The first-order valence-corrected chi connectivity index (χ1v) is 4.95. The van der Waals surface area contributed by atoms with Crippen LogP contribution in [0.3, 0.4) is 0 Å². The zero-order valence-corrected chi connectivity index (χ0v) is 9.64. The summed E-state index contributed by atoms with van der Waals surface area (Å²) < 4.78 is 0. The van der Waals surface area contributed by atoms with Gasteiger partial charge in [-0.25, -0.2) is 0 Å². The first kappa shape index (κ1) is 11.7. The molecule has 0 aliphatic rings. The van der Waals surface area contributed by atoms with Gasteiger partial charge in [-0.2, -0.15) is 0 Å². The molecule has 0 spiro atoms. The predicted octanol–water partition coefficient (Wildman–Crippen LogP) is 1.85. The van der Waals surface area contributed by atoms with E-state index in [4.69, 9.17) is 5.11 Å². The fraction of sp³-hybridized carbons (Fsp3) is 0.417. The van der Waals surface area contributed by atoms with Crippen LogP contribution in [0.5, 0.6) is 0 Å². The molecule has 3 nitrogen and oxygen atoms in total. The number of benzene rings is 1. The monoisotopic (exact) mass is 207 g/mol. The molecule has 0 atom stereocenters. The molecule has 0 unspecified atom stereocenters. The molecule has 1 aromatic carbocycles. The number of carbonyl (C=O) groups is 1. The number of aliphatic hydroxyl groups is 1. The summed E-state index contributed by atoms with van der Waals surface area (Å²) in [5.41, 5.74) is 5.23. The average Bonchev–Trinajstić information content (AvgIpc) is 2.21. The van der Waals surface area contributed by atoms with E-state index in [0.29, 0.717) is 0 Å². The maximum atomic E-state index is 11.1. The Morgan fingerprint density at radius 2 is 1.67 bits per heavy atom. The Balaban J connectivity index is 3.21. The van der Waals surface area contributed by atoms with Crippen LogP contribution in [0, 0.1) is 27.7 Å². The van der Waals surface area contributed by atoms with Gasteiger partial charge in [0.2, 0.25) is 5.91 Å². The van der Waals surface area contributed by atoms with E-state index in [2.05, 4.69) is 11.4 Å². The maximum Gasteiger partial charge on any atom is 0.250 e. The summed E-state index contributed by atoms with van der Waals surface area (Å²) in [5.74, 6) is -0.369. The number of aliphatic hydroxyl groups excluding tert-OH is 1. The van der Waals surface area contributed by atoms with Crippen molar-refractivity contribution >= 4 is 11.6 Å². The average molecular weight is 207 g/mol. The SMILES string of the molecule is Cc1cc(C)c(C)c(NC(=O)CO)c1C. The Kier molecular flexibility index (Phi) is 3.48. The van der Waals surface area contributed by atoms with Crippen LogP contribution in [0.15, 0.2) is 6.07 Å². The molecule has 0 aliphatic carbocycles. The smallest absolute Gasteiger partial charge is 0.250 e. The molecule has 0 heterocycles. The van der Waals surface area contributed by atoms with Crippen LogP contribution in [-0.2, 0) is 4.79 Å². The highest BCUT2D eigenvalue weighted by atomic mass is 16.3. The van der Waals surface area contributed by atoms with Crippen LogP contribution in [0.4, 0.5) is 5.69 Å². The molecule has 1 aromatic rings. The molecular formula is C12H17NO2. The van der Waals surface area contributed by atoms with Crippen LogP contribution in [0.25, 0.3) is 0 Å². The van der Waals surface area contributed by atoms with Crippen LogP contribution < -0.4 is 5.32 Å². The van der Waals surface area contributed by atoms with Crippen molar-refractivity contribution in [3.63, 3.8) is 0 Å². The van der Waals surface area contributed by atoms with Gasteiger partial charge < -0.3 is 10.4 Å². The highest BCUT2D eigenvalue weighted by Crippen LogP contribution is 2.26. The van der Waals surface area contributed by atoms with Crippen molar-refractivity contribution < 1.29 is 9.90 Å². The van der Waals surface area contributed by atoms with Gasteiger partial charge in [-0.3, -0.25) is 4.79 Å². The van der Waals surface area contributed by atoms with Crippen LogP contribution >= 0.6 is 0 Å². The van der Waals surface area contributed by atoms with Gasteiger partial charge in [0, 0.05) is 5.69 Å². The summed E-state index contributed by atoms with van der Waals surface area (Å²) in [6.45, 7) is 7.47. The molecular weight excluding hydrogens is 190 g/mol. The Bertz CT molecular complexity index is 371. The van der Waals surface area contributed by atoms with E-state index < -0.39 is 6.61 Å². The third-order valence-corrected chi connectivity index (χ3v) is 2.77. The fourth-order valence-corrected chi connectivity index (χ4v) is 1.58. The normalized spacial score (nSPS) is 10.2. The van der Waals surface area contributed by atoms with E-state index in [-0.39, 0.29) is 5.91 Å². The van der Waals surface area contributed by atoms with Crippen molar-refractivity contribution in [1.29, 1.82) is 0 Å². The Morgan fingerprint density at radius 1 is 1.20 bits per heavy atom. The molecule has 0 aromatic heterocycles. The largest absolute Gasteiger partial charge is 0.387 e. The second-order valence-corrected chi connectivity index (χ2v) is 3.84. The summed E-state index contributed by atoms with van der Waals surface area (Å²) in [6, 6.07) is 2.10. The molecule has 0 bridgehead atoms. The van der Waals surface area contributed by atoms with E-state index >= 15 is 0 Å². The molecule has 0 saturated carbocycles. The highest BCUT2D eigenvalue weighted by molar-refractivity contribution is 5.93. The number of nitrogens with one attached hydrogen (secondary N) is 1. The van der Waals surface area contributed by atoms with Crippen molar-refractivity contribution in [2.24, 2.45) is 0 Å². The van der Waals surface area contributed by atoms with Crippen molar-refractivity contribution in [2.75, 3.05) is 11.9 Å². The Morgan fingerprint density at radius 3 is 2.07 bits per heavy atom. The molecule has 0 saturated heterocycles. The number of hydrogen-bond acceptors (Lipinski definition) is 2. The minimum absolute atomic E-state index is 0.369. The Hall–Kier alpha value is -1.35. The summed E-state index contributed by atoms with van der Waals surface area (Å²) in [7, 11) is 0. The molecule has 0 radical (unpaired) electrons. The zero-order valence-electron chi connectivity index (χ0n) is 9.64. The van der Waals surface area contributed by atoms with Gasteiger partial charge in [0.25, 0.3) is 0 Å². The van der Waals surface area contributed by atoms with Gasteiger partial charge in [0.1, 0.15) is 6.61 Å². The predicted molar refractivity (Wildman–Crippen MR) is 61.1 cm³/mol. The second kappa shape index (κ2) is 4.45. The molecule has 2 N–H and O–H groups in total. The van der Waals surface area contributed by atoms with Crippen molar-refractivity contribution in [1.82, 2.24) is 0 Å². The highest BCUT2D eigenvalue weighted by Gasteiger charge is 2.10. The molecule has 0 fully saturated rings. The molecule has 82 valence electrons. The van der Waals surface area contributed by atoms with Gasteiger partial charge in [-0.1, -0.05) is 6.07 Å². The quantitative estimate of drug-likeness (QED) is 0.777. The number of aryl methyl sites for hydroxylation is 2. The van der Waals surface area contributed by atoms with Gasteiger partial charge >= 0.3 is 0 Å². The van der Waals surface area contributed by atoms with Crippen LogP contribution in [0.2, 0.25) is 0 Å². The maximum absolute atomic E-state index is 11.1. The molecule has 0 aliphatic heterocycles. The van der Waals surface area contributed by atoms with E-state index in [1.165, 1.54) is 0 Å². The van der Waals surface area contributed by atoms with E-state index in [1.54, 1.807) is 0 Å². The number of anilines is 1. The third-order valence-electron chi connectivity index (χ3n) is 2.77. The lowest BCUT2D eigenvalue weighted by molar-refractivity contribution is -0.118. The van der Waals surface area contributed by atoms with Crippen molar-refractivity contribution in [3.8, 4) is 0 Å². The van der Waals surface area contributed by atoms with Gasteiger partial charge in [0.15, 0.2) is 0 Å². The van der Waals surface area contributed by atoms with Crippen LogP contribution in [0.1, 0.15) is 22.3 Å². The van der Waals surface area contributed by atoms with E-state index in [9.17, 15) is 4.79 Å². The number of carbonyl (C=O) groups excluding carboxylic acids is 1. The first-order chi connectivity index (χ1) is 6.97. The molecule has 1 rings (SSSR count). The zero-order chi connectivity index (χ0) is 11.6. The van der Waals surface area contributed by atoms with Crippen LogP contribution in [-0.4, -0.2) is 17.6 Å². The molecule has 1 amide bonds. The Labute approximate surface area is 90.1 Å². The summed E-state index contributed by atoms with van der Waals surface area (Å²) in [6.07, 6.45) is 0. The lowest BCUT2D eigenvalue weighted by Gasteiger charge is -2.15. The lowest BCUT2D eigenvalue weighted by atomic mass is 9.99. The van der Waals surface area contributed by atoms with Crippen molar-refractivity contribution in [2.45, 2.75) is 27.7 Å². The van der Waals surface area contributed by atoms with E-state index in [0.717, 1.165) is 27.9 Å². The second-order valence-electron chi connectivity index (χ2n) is 3.84. The summed E-state index contributed by atoms with van der Waals surface area (Å²) in [5, 5.41) is 11.4. The molecule has 3 heteroatoms. The number of rotatable bonds is 2.